The molecule has 0 radical (unpaired) electrons. The van der Waals surface area contributed by atoms with Crippen LogP contribution in [0.5, 0.6) is 0 Å². The second-order valence-electron chi connectivity index (χ2n) is 3.57. The summed E-state index contributed by atoms with van der Waals surface area (Å²) in [6.07, 6.45) is 5.86. The summed E-state index contributed by atoms with van der Waals surface area (Å²) in [6.45, 7) is 0. The quantitative estimate of drug-likeness (QED) is 0.789. The third-order valence-corrected chi connectivity index (χ3v) is 2.37. The van der Waals surface area contributed by atoms with Gasteiger partial charge in [-0.25, -0.2) is 4.98 Å². The molecule has 0 aromatic carbocycles. The number of hydrogen-bond donors (Lipinski definition) is 2. The van der Waals surface area contributed by atoms with Crippen molar-refractivity contribution >= 4 is 0 Å². The molecule has 2 unspecified atom stereocenters. The summed E-state index contributed by atoms with van der Waals surface area (Å²) in [6, 6.07) is 3.32. The van der Waals surface area contributed by atoms with Gasteiger partial charge in [0.15, 0.2) is 12.2 Å². The van der Waals surface area contributed by atoms with Gasteiger partial charge in [-0.1, -0.05) is 0 Å². The van der Waals surface area contributed by atoms with Gasteiger partial charge < -0.3 is 15.3 Å². The van der Waals surface area contributed by atoms with Crippen molar-refractivity contribution in [3.63, 3.8) is 0 Å². The van der Waals surface area contributed by atoms with E-state index >= 15 is 0 Å². The van der Waals surface area contributed by atoms with E-state index in [9.17, 15) is 5.11 Å². The minimum absolute atomic E-state index is 0.390. The Labute approximate surface area is 93.0 Å². The predicted molar refractivity (Wildman–Crippen MR) is 57.4 cm³/mol. The molecule has 5 heteroatoms. The zero-order valence-electron chi connectivity index (χ0n) is 8.65. The van der Waals surface area contributed by atoms with Crippen LogP contribution in [0.3, 0.4) is 0 Å². The van der Waals surface area contributed by atoms with Crippen LogP contribution in [-0.4, -0.2) is 21.1 Å². The van der Waals surface area contributed by atoms with E-state index in [0.717, 1.165) is 5.56 Å². The topological polar surface area (TPSA) is 85.2 Å². The molecule has 0 bridgehead atoms. The first kappa shape index (κ1) is 10.8. The fourth-order valence-electron chi connectivity index (χ4n) is 1.49. The minimum atomic E-state index is -0.837. The summed E-state index contributed by atoms with van der Waals surface area (Å²) in [5, 5.41) is 9.86. The van der Waals surface area contributed by atoms with E-state index in [4.69, 9.17) is 10.2 Å². The second kappa shape index (κ2) is 4.87. The van der Waals surface area contributed by atoms with Crippen molar-refractivity contribution in [2.24, 2.45) is 5.73 Å². The van der Waals surface area contributed by atoms with Crippen LogP contribution in [0, 0.1) is 0 Å². The molecule has 2 rings (SSSR count). The number of nitrogens with zero attached hydrogens (tertiary/aromatic N) is 2. The fraction of sp³-hybridized carbons (Fsp3) is 0.273. The van der Waals surface area contributed by atoms with E-state index in [1.54, 1.807) is 12.4 Å². The number of nitrogens with two attached hydrogens (primary N) is 1. The third kappa shape index (κ3) is 2.44. The number of aliphatic hydroxyl groups excluding tert-OH is 1. The summed E-state index contributed by atoms with van der Waals surface area (Å²) in [5.41, 5.74) is 6.91. The molecule has 2 atom stereocenters. The monoisotopic (exact) mass is 219 g/mol. The van der Waals surface area contributed by atoms with Crippen molar-refractivity contribution in [2.45, 2.75) is 18.6 Å². The number of rotatable bonds is 4. The Morgan fingerprint density at radius 3 is 2.69 bits per heavy atom. The first-order chi connectivity index (χ1) is 7.77. The number of aliphatic hydroxyl groups is 1. The smallest absolute Gasteiger partial charge is 0.180 e. The van der Waals surface area contributed by atoms with E-state index < -0.39 is 12.1 Å². The van der Waals surface area contributed by atoms with Gasteiger partial charge in [-0.05, 0) is 24.1 Å². The highest BCUT2D eigenvalue weighted by molar-refractivity contribution is 5.13. The number of hydrogen-bond acceptors (Lipinski definition) is 5. The maximum absolute atomic E-state index is 9.86. The highest BCUT2D eigenvalue weighted by atomic mass is 16.4. The zero-order chi connectivity index (χ0) is 11.4. The molecule has 84 valence electrons. The molecular formula is C11H13N3O2. The van der Waals surface area contributed by atoms with Crippen molar-refractivity contribution in [2.75, 3.05) is 0 Å². The van der Waals surface area contributed by atoms with Crippen LogP contribution in [0.25, 0.3) is 0 Å². The molecule has 2 heterocycles. The van der Waals surface area contributed by atoms with Gasteiger partial charge in [-0.3, -0.25) is 4.98 Å². The van der Waals surface area contributed by atoms with Crippen molar-refractivity contribution in [3.05, 3.63) is 48.4 Å². The average molecular weight is 219 g/mol. The standard InChI is InChI=1S/C11H13N3O2/c12-9(5-8-1-3-13-4-2-8)11(15)10-6-14-7-16-10/h1-4,6-7,9,11,15H,5,12H2. The van der Waals surface area contributed by atoms with Crippen LogP contribution in [0.15, 0.2) is 41.5 Å². The van der Waals surface area contributed by atoms with Crippen LogP contribution >= 0.6 is 0 Å². The molecule has 3 N–H and O–H groups in total. The summed E-state index contributed by atoms with van der Waals surface area (Å²) in [4.78, 5) is 7.66. The average Bonchev–Trinajstić information content (AvgIpc) is 2.83. The normalized spacial score (nSPS) is 14.6. The summed E-state index contributed by atoms with van der Waals surface area (Å²) >= 11 is 0. The SMILES string of the molecule is NC(Cc1ccncc1)C(O)c1cnco1. The van der Waals surface area contributed by atoms with Gasteiger partial charge in [0.05, 0.1) is 6.20 Å². The molecule has 0 spiro atoms. The summed E-state index contributed by atoms with van der Waals surface area (Å²) in [7, 11) is 0. The summed E-state index contributed by atoms with van der Waals surface area (Å²) in [5.74, 6) is 0.390. The Kier molecular flexibility index (Phi) is 3.28. The highest BCUT2D eigenvalue weighted by Gasteiger charge is 2.20. The van der Waals surface area contributed by atoms with Crippen molar-refractivity contribution < 1.29 is 9.52 Å². The van der Waals surface area contributed by atoms with Gasteiger partial charge >= 0.3 is 0 Å². The van der Waals surface area contributed by atoms with Gasteiger partial charge in [0.2, 0.25) is 0 Å². The van der Waals surface area contributed by atoms with E-state index in [2.05, 4.69) is 9.97 Å². The maximum Gasteiger partial charge on any atom is 0.180 e. The van der Waals surface area contributed by atoms with Gasteiger partial charge in [0, 0.05) is 18.4 Å². The first-order valence-electron chi connectivity index (χ1n) is 4.98. The molecule has 16 heavy (non-hydrogen) atoms. The Morgan fingerprint density at radius 1 is 1.31 bits per heavy atom. The first-order valence-corrected chi connectivity index (χ1v) is 4.98. The molecule has 2 aromatic heterocycles. The molecule has 5 nitrogen and oxygen atoms in total. The molecule has 2 aromatic rings. The molecule has 0 aliphatic rings. The van der Waals surface area contributed by atoms with Crippen LogP contribution < -0.4 is 5.73 Å². The fourth-order valence-corrected chi connectivity index (χ4v) is 1.49. The maximum atomic E-state index is 9.86. The van der Waals surface area contributed by atoms with E-state index in [1.807, 2.05) is 12.1 Å². The van der Waals surface area contributed by atoms with E-state index in [0.29, 0.717) is 12.2 Å². The lowest BCUT2D eigenvalue weighted by atomic mass is 10.0. The molecule has 0 saturated carbocycles. The highest BCUT2D eigenvalue weighted by Crippen LogP contribution is 2.17. The van der Waals surface area contributed by atoms with Gasteiger partial charge in [-0.15, -0.1) is 0 Å². The van der Waals surface area contributed by atoms with Crippen LogP contribution in [-0.2, 0) is 6.42 Å². The van der Waals surface area contributed by atoms with E-state index in [1.165, 1.54) is 12.6 Å². The molecule has 0 saturated heterocycles. The molecule has 0 amide bonds. The van der Waals surface area contributed by atoms with Crippen LogP contribution in [0.4, 0.5) is 0 Å². The Morgan fingerprint density at radius 2 is 2.06 bits per heavy atom. The Balaban J connectivity index is 2.01. The molecule has 0 aliphatic heterocycles. The predicted octanol–water partition coefficient (Wildman–Crippen LogP) is 0.673. The molecular weight excluding hydrogens is 206 g/mol. The van der Waals surface area contributed by atoms with Crippen molar-refractivity contribution in [1.29, 1.82) is 0 Å². The van der Waals surface area contributed by atoms with Crippen molar-refractivity contribution in [1.82, 2.24) is 9.97 Å². The van der Waals surface area contributed by atoms with E-state index in [-0.39, 0.29) is 0 Å². The third-order valence-electron chi connectivity index (χ3n) is 2.37. The minimum Gasteiger partial charge on any atom is -0.446 e. The van der Waals surface area contributed by atoms with Gasteiger partial charge in [0.25, 0.3) is 0 Å². The number of oxazole rings is 1. The molecule has 0 aliphatic carbocycles. The lowest BCUT2D eigenvalue weighted by molar-refractivity contribution is 0.121. The van der Waals surface area contributed by atoms with Gasteiger partial charge in [-0.2, -0.15) is 0 Å². The second-order valence-corrected chi connectivity index (χ2v) is 3.57. The lowest BCUT2D eigenvalue weighted by Gasteiger charge is -2.16. The number of pyridine rings is 1. The van der Waals surface area contributed by atoms with Gasteiger partial charge in [0.1, 0.15) is 6.10 Å². The Hall–Kier alpha value is -1.72. The largest absolute Gasteiger partial charge is 0.446 e. The van der Waals surface area contributed by atoms with Crippen LogP contribution in [0.1, 0.15) is 17.4 Å². The van der Waals surface area contributed by atoms with Crippen molar-refractivity contribution in [3.8, 4) is 0 Å². The summed E-state index contributed by atoms with van der Waals surface area (Å²) < 4.78 is 5.00. The molecule has 0 fully saturated rings. The zero-order valence-corrected chi connectivity index (χ0v) is 8.65. The number of aromatic nitrogens is 2. The Bertz CT molecular complexity index is 416. The van der Waals surface area contributed by atoms with Crippen LogP contribution in [0.2, 0.25) is 0 Å². The lowest BCUT2D eigenvalue weighted by Crippen LogP contribution is -2.30.